The Kier molecular flexibility index (Phi) is 6.29. The number of aromatic nitrogens is 4. The topological polar surface area (TPSA) is 72.7 Å². The predicted octanol–water partition coefficient (Wildman–Crippen LogP) is 5.35. The zero-order valence-corrected chi connectivity index (χ0v) is 18.5. The van der Waals surface area contributed by atoms with Gasteiger partial charge < -0.3 is 0 Å². The lowest BCUT2D eigenvalue weighted by Crippen LogP contribution is -2.13. The molecule has 4 aromatic rings. The van der Waals surface area contributed by atoms with Gasteiger partial charge in [0.25, 0.3) is 5.91 Å². The maximum atomic E-state index is 12.8. The van der Waals surface area contributed by atoms with Crippen LogP contribution in [0.4, 0.5) is 5.13 Å². The van der Waals surface area contributed by atoms with Crippen LogP contribution in [0.25, 0.3) is 0 Å². The second kappa shape index (κ2) is 9.08. The molecule has 0 bridgehead atoms. The minimum atomic E-state index is -0.335. The largest absolute Gasteiger partial charge is 0.296 e. The van der Waals surface area contributed by atoms with Crippen molar-refractivity contribution < 1.29 is 4.79 Å². The molecule has 0 atom stereocenters. The number of carbonyl (C=O) groups excluding carboxylic acids is 1. The SMILES string of the molecule is Cc1nn(Cc2ccccc2)c(Cl)c1C(=O)Nc1nnc(SCc2cccs2)s1. The second-order valence-electron chi connectivity index (χ2n) is 6.09. The molecule has 0 fully saturated rings. The molecule has 1 amide bonds. The molecule has 0 radical (unpaired) electrons. The van der Waals surface area contributed by atoms with Gasteiger partial charge in [-0.2, -0.15) is 5.10 Å². The second-order valence-corrected chi connectivity index (χ2v) is 9.68. The van der Waals surface area contributed by atoms with Crippen LogP contribution in [0.3, 0.4) is 0 Å². The molecule has 148 valence electrons. The summed E-state index contributed by atoms with van der Waals surface area (Å²) in [6, 6.07) is 13.9. The van der Waals surface area contributed by atoms with E-state index >= 15 is 0 Å². The Morgan fingerprint density at radius 1 is 1.21 bits per heavy atom. The van der Waals surface area contributed by atoms with Crippen molar-refractivity contribution in [1.29, 1.82) is 0 Å². The fourth-order valence-electron chi connectivity index (χ4n) is 2.68. The Balaban J connectivity index is 1.43. The molecule has 29 heavy (non-hydrogen) atoms. The third-order valence-electron chi connectivity index (χ3n) is 4.01. The van der Waals surface area contributed by atoms with E-state index in [2.05, 4.69) is 26.7 Å². The highest BCUT2D eigenvalue weighted by Crippen LogP contribution is 2.30. The van der Waals surface area contributed by atoms with E-state index in [0.717, 1.165) is 15.7 Å². The Bertz CT molecular complexity index is 1110. The molecule has 1 N–H and O–H groups in total. The summed E-state index contributed by atoms with van der Waals surface area (Å²) in [7, 11) is 0. The molecule has 0 aliphatic heterocycles. The van der Waals surface area contributed by atoms with Crippen molar-refractivity contribution in [3.05, 3.63) is 74.7 Å². The van der Waals surface area contributed by atoms with Crippen molar-refractivity contribution in [2.75, 3.05) is 5.32 Å². The number of anilines is 1. The summed E-state index contributed by atoms with van der Waals surface area (Å²) < 4.78 is 2.43. The van der Waals surface area contributed by atoms with Crippen LogP contribution in [0.1, 0.15) is 26.5 Å². The lowest BCUT2D eigenvalue weighted by atomic mass is 10.2. The van der Waals surface area contributed by atoms with Gasteiger partial charge in [-0.1, -0.05) is 71.1 Å². The minimum absolute atomic E-state index is 0.306. The molecular weight excluding hydrogens is 446 g/mol. The van der Waals surface area contributed by atoms with Crippen LogP contribution in [-0.4, -0.2) is 25.9 Å². The monoisotopic (exact) mass is 461 g/mol. The molecule has 6 nitrogen and oxygen atoms in total. The van der Waals surface area contributed by atoms with Crippen molar-refractivity contribution >= 4 is 57.1 Å². The van der Waals surface area contributed by atoms with Crippen molar-refractivity contribution in [3.8, 4) is 0 Å². The Hall–Kier alpha value is -2.20. The molecule has 0 unspecified atom stereocenters. The van der Waals surface area contributed by atoms with Gasteiger partial charge >= 0.3 is 0 Å². The van der Waals surface area contributed by atoms with Crippen LogP contribution in [0.2, 0.25) is 5.15 Å². The lowest BCUT2D eigenvalue weighted by molar-refractivity contribution is 0.102. The average molecular weight is 462 g/mol. The van der Waals surface area contributed by atoms with Crippen molar-refractivity contribution in [1.82, 2.24) is 20.0 Å². The Labute approximate surface area is 184 Å². The maximum absolute atomic E-state index is 12.8. The zero-order valence-electron chi connectivity index (χ0n) is 15.3. The highest BCUT2D eigenvalue weighted by atomic mass is 35.5. The zero-order chi connectivity index (χ0) is 20.2. The van der Waals surface area contributed by atoms with Gasteiger partial charge in [0.1, 0.15) is 5.15 Å². The number of aryl methyl sites for hydroxylation is 1. The fourth-order valence-corrected chi connectivity index (χ4v) is 5.52. The molecule has 1 aromatic carbocycles. The number of amides is 1. The first kappa shape index (κ1) is 20.1. The van der Waals surface area contributed by atoms with Gasteiger partial charge in [0.2, 0.25) is 5.13 Å². The average Bonchev–Trinajstić information content (AvgIpc) is 3.43. The molecule has 3 heterocycles. The van der Waals surface area contributed by atoms with Crippen LogP contribution in [-0.2, 0) is 12.3 Å². The number of hydrogen-bond donors (Lipinski definition) is 1. The van der Waals surface area contributed by atoms with E-state index in [9.17, 15) is 4.79 Å². The van der Waals surface area contributed by atoms with E-state index in [-0.39, 0.29) is 5.91 Å². The minimum Gasteiger partial charge on any atom is -0.296 e. The number of hydrogen-bond acceptors (Lipinski definition) is 7. The fraction of sp³-hybridized carbons (Fsp3) is 0.158. The highest BCUT2D eigenvalue weighted by molar-refractivity contribution is 8.00. The molecule has 3 aromatic heterocycles. The molecular formula is C19H16ClN5OS3. The van der Waals surface area contributed by atoms with E-state index in [1.54, 1.807) is 34.7 Å². The number of nitrogens with zero attached hydrogens (tertiary/aromatic N) is 4. The molecule has 0 aliphatic carbocycles. The normalized spacial score (nSPS) is 11.0. The van der Waals surface area contributed by atoms with Gasteiger partial charge in [0.05, 0.1) is 17.8 Å². The van der Waals surface area contributed by atoms with Gasteiger partial charge in [-0.25, -0.2) is 4.68 Å². The quantitative estimate of drug-likeness (QED) is 0.296. The summed E-state index contributed by atoms with van der Waals surface area (Å²) in [6.07, 6.45) is 0. The van der Waals surface area contributed by atoms with Crippen LogP contribution in [0.5, 0.6) is 0 Å². The van der Waals surface area contributed by atoms with E-state index in [0.29, 0.717) is 28.1 Å². The molecule has 0 aliphatic rings. The maximum Gasteiger partial charge on any atom is 0.262 e. The third-order valence-corrected chi connectivity index (χ3v) is 7.48. The van der Waals surface area contributed by atoms with Gasteiger partial charge in [0.15, 0.2) is 4.34 Å². The van der Waals surface area contributed by atoms with Crippen molar-refractivity contribution in [2.24, 2.45) is 0 Å². The van der Waals surface area contributed by atoms with Gasteiger partial charge in [-0.15, -0.1) is 21.5 Å². The number of benzene rings is 1. The Morgan fingerprint density at radius 3 is 2.79 bits per heavy atom. The van der Waals surface area contributed by atoms with Crippen LogP contribution < -0.4 is 5.32 Å². The van der Waals surface area contributed by atoms with Crippen LogP contribution in [0.15, 0.2) is 52.2 Å². The number of halogens is 1. The molecule has 0 saturated heterocycles. The molecule has 0 spiro atoms. The van der Waals surface area contributed by atoms with E-state index in [1.165, 1.54) is 16.2 Å². The van der Waals surface area contributed by atoms with Crippen molar-refractivity contribution in [3.63, 3.8) is 0 Å². The van der Waals surface area contributed by atoms with Gasteiger partial charge in [-0.05, 0) is 23.9 Å². The molecule has 0 saturated carbocycles. The number of carbonyl (C=O) groups is 1. The summed E-state index contributed by atoms with van der Waals surface area (Å²) in [5.41, 5.74) is 1.98. The number of thioether (sulfide) groups is 1. The summed E-state index contributed by atoms with van der Waals surface area (Å²) in [5.74, 6) is 0.495. The molecule has 10 heteroatoms. The van der Waals surface area contributed by atoms with Crippen molar-refractivity contribution in [2.45, 2.75) is 23.6 Å². The summed E-state index contributed by atoms with van der Waals surface area (Å²) >= 11 is 11.1. The first-order valence-electron chi connectivity index (χ1n) is 8.67. The number of nitrogens with one attached hydrogen (secondary N) is 1. The van der Waals surface area contributed by atoms with E-state index in [1.807, 2.05) is 41.8 Å². The van der Waals surface area contributed by atoms with E-state index in [4.69, 9.17) is 11.6 Å². The van der Waals surface area contributed by atoms with Crippen LogP contribution in [0, 0.1) is 6.92 Å². The predicted molar refractivity (Wildman–Crippen MR) is 119 cm³/mol. The lowest BCUT2D eigenvalue weighted by Gasteiger charge is -2.04. The van der Waals surface area contributed by atoms with Crippen LogP contribution >= 0.6 is 46.0 Å². The smallest absolute Gasteiger partial charge is 0.262 e. The van der Waals surface area contributed by atoms with Gasteiger partial charge in [-0.3, -0.25) is 10.1 Å². The summed E-state index contributed by atoms with van der Waals surface area (Å²) in [6.45, 7) is 2.26. The highest BCUT2D eigenvalue weighted by Gasteiger charge is 2.21. The first-order chi connectivity index (χ1) is 14.1. The summed E-state index contributed by atoms with van der Waals surface area (Å²) in [4.78, 5) is 14.0. The Morgan fingerprint density at radius 2 is 2.03 bits per heavy atom. The summed E-state index contributed by atoms with van der Waals surface area (Å²) in [5, 5.41) is 18.2. The third kappa shape index (κ3) is 4.87. The van der Waals surface area contributed by atoms with E-state index < -0.39 is 0 Å². The first-order valence-corrected chi connectivity index (χ1v) is 11.7. The standard InChI is InChI=1S/C19H16ClN5OS3/c1-12-15(16(20)25(24-12)10-13-6-3-2-4-7-13)17(26)21-18-22-23-19(29-18)28-11-14-8-5-9-27-14/h2-9H,10-11H2,1H3,(H,21,22,26). The molecule has 4 rings (SSSR count). The van der Waals surface area contributed by atoms with Gasteiger partial charge in [0, 0.05) is 10.6 Å². The number of rotatable bonds is 7. The number of thiophene rings is 1.